The van der Waals surface area contributed by atoms with Gasteiger partial charge in [0, 0.05) is 5.02 Å². The van der Waals surface area contributed by atoms with Gasteiger partial charge in [-0.05, 0) is 37.5 Å². The van der Waals surface area contributed by atoms with Crippen LogP contribution in [0.1, 0.15) is 37.6 Å². The Hall–Kier alpha value is -1.22. The molecule has 1 atom stereocenters. The number of carbonyl (C=O) groups is 1. The van der Waals surface area contributed by atoms with Crippen LogP contribution in [0, 0.1) is 5.92 Å². The van der Waals surface area contributed by atoms with Crippen molar-refractivity contribution in [3.63, 3.8) is 0 Å². The Bertz CT molecular complexity index is 402. The van der Waals surface area contributed by atoms with E-state index in [4.69, 9.17) is 21.4 Å². The molecule has 0 saturated carbocycles. The third-order valence-electron chi connectivity index (χ3n) is 2.30. The molecule has 1 unspecified atom stereocenters. The lowest BCUT2D eigenvalue weighted by molar-refractivity contribution is 0.0689. The molecule has 1 aromatic carbocycles. The van der Waals surface area contributed by atoms with Crippen molar-refractivity contribution >= 4 is 17.6 Å². The molecule has 4 heteroatoms. The van der Waals surface area contributed by atoms with E-state index in [1.807, 2.05) is 6.92 Å². The lowest BCUT2D eigenvalue weighted by Gasteiger charge is -2.18. The van der Waals surface area contributed by atoms with Gasteiger partial charge in [0.2, 0.25) is 0 Å². The molecule has 0 aliphatic heterocycles. The SMILES string of the molecule is CC(C)CC(C)Oc1ccc(Cl)cc1C(=O)O. The van der Waals surface area contributed by atoms with Crippen molar-refractivity contribution < 1.29 is 14.6 Å². The predicted octanol–water partition coefficient (Wildman–Crippen LogP) is 3.85. The first-order chi connectivity index (χ1) is 7.90. The van der Waals surface area contributed by atoms with E-state index in [0.29, 0.717) is 16.7 Å². The van der Waals surface area contributed by atoms with E-state index in [-0.39, 0.29) is 11.7 Å². The molecule has 0 heterocycles. The highest BCUT2D eigenvalue weighted by Crippen LogP contribution is 2.25. The number of halogens is 1. The first-order valence-electron chi connectivity index (χ1n) is 5.59. The Labute approximate surface area is 106 Å². The summed E-state index contributed by atoms with van der Waals surface area (Å²) in [6, 6.07) is 4.63. The zero-order valence-electron chi connectivity index (χ0n) is 10.2. The molecule has 3 nitrogen and oxygen atoms in total. The van der Waals surface area contributed by atoms with Crippen LogP contribution in [0.15, 0.2) is 18.2 Å². The number of carboxylic acid groups (broad SMARTS) is 1. The van der Waals surface area contributed by atoms with Gasteiger partial charge in [0.05, 0.1) is 6.10 Å². The molecule has 0 aliphatic rings. The van der Waals surface area contributed by atoms with E-state index in [1.165, 1.54) is 6.07 Å². The summed E-state index contributed by atoms with van der Waals surface area (Å²) < 4.78 is 5.63. The fourth-order valence-electron chi connectivity index (χ4n) is 1.70. The zero-order chi connectivity index (χ0) is 13.0. The molecule has 0 aliphatic carbocycles. The van der Waals surface area contributed by atoms with Crippen LogP contribution in [0.3, 0.4) is 0 Å². The van der Waals surface area contributed by atoms with Crippen molar-refractivity contribution in [1.82, 2.24) is 0 Å². The highest BCUT2D eigenvalue weighted by Gasteiger charge is 2.15. The summed E-state index contributed by atoms with van der Waals surface area (Å²) in [6.45, 7) is 6.12. The minimum atomic E-state index is -1.03. The van der Waals surface area contributed by atoms with E-state index < -0.39 is 5.97 Å². The number of benzene rings is 1. The third kappa shape index (κ3) is 4.27. The van der Waals surface area contributed by atoms with Gasteiger partial charge in [0.15, 0.2) is 0 Å². The number of carboxylic acids is 1. The van der Waals surface area contributed by atoms with Gasteiger partial charge in [-0.15, -0.1) is 0 Å². The number of hydrogen-bond donors (Lipinski definition) is 1. The maximum absolute atomic E-state index is 11.0. The van der Waals surface area contributed by atoms with Gasteiger partial charge < -0.3 is 9.84 Å². The van der Waals surface area contributed by atoms with E-state index in [2.05, 4.69) is 13.8 Å². The second kappa shape index (κ2) is 5.92. The average molecular weight is 257 g/mol. The molecule has 94 valence electrons. The van der Waals surface area contributed by atoms with Crippen LogP contribution in [0.2, 0.25) is 5.02 Å². The Balaban J connectivity index is 2.86. The van der Waals surface area contributed by atoms with Crippen molar-refractivity contribution in [2.75, 3.05) is 0 Å². The van der Waals surface area contributed by atoms with Crippen LogP contribution >= 0.6 is 11.6 Å². The third-order valence-corrected chi connectivity index (χ3v) is 2.54. The van der Waals surface area contributed by atoms with Crippen molar-refractivity contribution in [1.29, 1.82) is 0 Å². The Morgan fingerprint density at radius 3 is 2.59 bits per heavy atom. The van der Waals surface area contributed by atoms with E-state index in [9.17, 15) is 4.79 Å². The quantitative estimate of drug-likeness (QED) is 0.870. The Kier molecular flexibility index (Phi) is 4.82. The second-order valence-corrected chi connectivity index (χ2v) is 4.94. The minimum Gasteiger partial charge on any atom is -0.490 e. The van der Waals surface area contributed by atoms with Crippen LogP contribution < -0.4 is 4.74 Å². The molecule has 0 bridgehead atoms. The number of hydrogen-bond acceptors (Lipinski definition) is 2. The molecule has 17 heavy (non-hydrogen) atoms. The second-order valence-electron chi connectivity index (χ2n) is 4.50. The molecular weight excluding hydrogens is 240 g/mol. The summed E-state index contributed by atoms with van der Waals surface area (Å²) in [5.41, 5.74) is 0.105. The number of aromatic carboxylic acids is 1. The largest absolute Gasteiger partial charge is 0.490 e. The van der Waals surface area contributed by atoms with Gasteiger partial charge in [-0.3, -0.25) is 0 Å². The van der Waals surface area contributed by atoms with Crippen LogP contribution in [0.5, 0.6) is 5.75 Å². The van der Waals surface area contributed by atoms with E-state index in [1.54, 1.807) is 12.1 Å². The summed E-state index contributed by atoms with van der Waals surface area (Å²) in [7, 11) is 0. The first kappa shape index (κ1) is 13.8. The minimum absolute atomic E-state index is 0.0192. The summed E-state index contributed by atoms with van der Waals surface area (Å²) in [5, 5.41) is 9.44. The summed E-state index contributed by atoms with van der Waals surface area (Å²) in [6.07, 6.45) is 0.857. The fraction of sp³-hybridized carbons (Fsp3) is 0.462. The smallest absolute Gasteiger partial charge is 0.339 e. The van der Waals surface area contributed by atoms with Crippen molar-refractivity contribution in [3.05, 3.63) is 28.8 Å². The Morgan fingerprint density at radius 1 is 1.41 bits per heavy atom. The zero-order valence-corrected chi connectivity index (χ0v) is 11.0. The van der Waals surface area contributed by atoms with E-state index in [0.717, 1.165) is 6.42 Å². The van der Waals surface area contributed by atoms with Crippen LogP contribution in [0.25, 0.3) is 0 Å². The molecule has 1 rings (SSSR count). The summed E-state index contributed by atoms with van der Waals surface area (Å²) in [4.78, 5) is 11.0. The fourth-order valence-corrected chi connectivity index (χ4v) is 1.87. The monoisotopic (exact) mass is 256 g/mol. The van der Waals surface area contributed by atoms with E-state index >= 15 is 0 Å². The van der Waals surface area contributed by atoms with Crippen LogP contribution in [-0.4, -0.2) is 17.2 Å². The highest BCUT2D eigenvalue weighted by molar-refractivity contribution is 6.31. The molecular formula is C13H17ClO3. The molecule has 0 amide bonds. The summed E-state index contributed by atoms with van der Waals surface area (Å²) >= 11 is 5.76. The van der Waals surface area contributed by atoms with Crippen LogP contribution in [0.4, 0.5) is 0 Å². The normalized spacial score (nSPS) is 12.5. The molecule has 0 spiro atoms. The standard InChI is InChI=1S/C13H17ClO3/c1-8(2)6-9(3)17-12-5-4-10(14)7-11(12)13(15)16/h4-5,7-9H,6H2,1-3H3,(H,15,16). The molecule has 0 aromatic heterocycles. The molecule has 1 aromatic rings. The average Bonchev–Trinajstić information content (AvgIpc) is 2.19. The van der Waals surface area contributed by atoms with Gasteiger partial charge in [0.1, 0.15) is 11.3 Å². The molecule has 0 radical (unpaired) electrons. The van der Waals surface area contributed by atoms with Gasteiger partial charge >= 0.3 is 5.97 Å². The Morgan fingerprint density at radius 2 is 2.06 bits per heavy atom. The van der Waals surface area contributed by atoms with Gasteiger partial charge in [-0.2, -0.15) is 0 Å². The van der Waals surface area contributed by atoms with Gasteiger partial charge in [-0.25, -0.2) is 4.79 Å². The van der Waals surface area contributed by atoms with Gasteiger partial charge in [0.25, 0.3) is 0 Å². The predicted molar refractivity (Wildman–Crippen MR) is 68.0 cm³/mol. The summed E-state index contributed by atoms with van der Waals surface area (Å²) in [5.74, 6) is -0.153. The first-order valence-corrected chi connectivity index (χ1v) is 5.97. The lowest BCUT2D eigenvalue weighted by Crippen LogP contribution is -2.16. The van der Waals surface area contributed by atoms with Gasteiger partial charge in [-0.1, -0.05) is 25.4 Å². The molecule has 0 saturated heterocycles. The van der Waals surface area contributed by atoms with Crippen molar-refractivity contribution in [3.8, 4) is 5.75 Å². The lowest BCUT2D eigenvalue weighted by atomic mass is 10.1. The van der Waals surface area contributed by atoms with Crippen LogP contribution in [-0.2, 0) is 0 Å². The molecule has 1 N–H and O–H groups in total. The maximum Gasteiger partial charge on any atom is 0.339 e. The van der Waals surface area contributed by atoms with Crippen molar-refractivity contribution in [2.45, 2.75) is 33.3 Å². The highest BCUT2D eigenvalue weighted by atomic mass is 35.5. The van der Waals surface area contributed by atoms with Crippen molar-refractivity contribution in [2.24, 2.45) is 5.92 Å². The molecule has 0 fully saturated rings. The topological polar surface area (TPSA) is 46.5 Å². The number of ether oxygens (including phenoxy) is 1. The number of rotatable bonds is 5. The maximum atomic E-state index is 11.0.